The lowest BCUT2D eigenvalue weighted by Gasteiger charge is -2.09. The minimum atomic E-state index is -1.04. The van der Waals surface area contributed by atoms with Crippen molar-refractivity contribution >= 4 is 11.5 Å². The number of hydrogen-bond donors (Lipinski definition) is 1. The van der Waals surface area contributed by atoms with Crippen LogP contribution < -0.4 is 4.74 Å². The van der Waals surface area contributed by atoms with Gasteiger partial charge in [0.2, 0.25) is 5.88 Å². The number of carboxylic acid groups (broad SMARTS) is 1. The van der Waals surface area contributed by atoms with Crippen molar-refractivity contribution in [3.8, 4) is 11.6 Å². The molecular weight excluding hydrogens is 258 g/mol. The second-order valence-corrected chi connectivity index (χ2v) is 4.30. The van der Waals surface area contributed by atoms with Crippen molar-refractivity contribution < 1.29 is 14.6 Å². The van der Waals surface area contributed by atoms with Gasteiger partial charge in [-0.2, -0.15) is 5.10 Å². The van der Waals surface area contributed by atoms with E-state index in [0.717, 1.165) is 5.56 Å². The monoisotopic (exact) mass is 269 g/mol. The Balaban J connectivity index is 2.09. The number of rotatable bonds is 3. The third-order valence-corrected chi connectivity index (χ3v) is 2.86. The molecule has 6 nitrogen and oxygen atoms in total. The molecule has 6 heteroatoms. The molecule has 0 aliphatic heterocycles. The molecule has 0 fully saturated rings. The van der Waals surface area contributed by atoms with Crippen LogP contribution in [-0.4, -0.2) is 25.7 Å². The molecule has 0 aliphatic carbocycles. The van der Waals surface area contributed by atoms with Gasteiger partial charge in [-0.15, -0.1) is 0 Å². The van der Waals surface area contributed by atoms with E-state index in [-0.39, 0.29) is 11.3 Å². The lowest BCUT2D eigenvalue weighted by atomic mass is 10.1. The Morgan fingerprint density at radius 1 is 1.30 bits per heavy atom. The molecule has 0 spiro atoms. The first-order valence-corrected chi connectivity index (χ1v) is 5.95. The van der Waals surface area contributed by atoms with Gasteiger partial charge >= 0.3 is 5.97 Å². The second kappa shape index (κ2) is 4.65. The van der Waals surface area contributed by atoms with Crippen LogP contribution in [0.25, 0.3) is 5.52 Å². The van der Waals surface area contributed by atoms with Gasteiger partial charge in [0.25, 0.3) is 0 Å². The van der Waals surface area contributed by atoms with E-state index in [9.17, 15) is 9.90 Å². The summed E-state index contributed by atoms with van der Waals surface area (Å²) in [6, 6.07) is 6.66. The van der Waals surface area contributed by atoms with Crippen molar-refractivity contribution in [2.24, 2.45) is 0 Å². The second-order valence-electron chi connectivity index (χ2n) is 4.30. The summed E-state index contributed by atoms with van der Waals surface area (Å²) in [5.74, 6) is -0.460. The Bertz CT molecular complexity index is 795. The van der Waals surface area contributed by atoms with Crippen LogP contribution in [0.1, 0.15) is 15.9 Å². The van der Waals surface area contributed by atoms with Gasteiger partial charge in [0.1, 0.15) is 16.8 Å². The quantitative estimate of drug-likeness (QED) is 0.790. The first kappa shape index (κ1) is 12.2. The molecule has 2 heterocycles. The summed E-state index contributed by atoms with van der Waals surface area (Å²) in [5, 5.41) is 13.3. The number of benzene rings is 1. The first-order valence-electron chi connectivity index (χ1n) is 5.95. The third-order valence-electron chi connectivity index (χ3n) is 2.86. The number of aryl methyl sites for hydroxylation is 1. The van der Waals surface area contributed by atoms with E-state index in [4.69, 9.17) is 4.74 Å². The van der Waals surface area contributed by atoms with Crippen LogP contribution in [0.3, 0.4) is 0 Å². The maximum absolute atomic E-state index is 11.2. The van der Waals surface area contributed by atoms with Crippen LogP contribution >= 0.6 is 0 Å². The molecule has 1 N–H and O–H groups in total. The van der Waals surface area contributed by atoms with Crippen molar-refractivity contribution in [1.29, 1.82) is 0 Å². The average molecular weight is 269 g/mol. The zero-order valence-electron chi connectivity index (χ0n) is 10.6. The van der Waals surface area contributed by atoms with Gasteiger partial charge in [0.05, 0.1) is 6.20 Å². The highest BCUT2D eigenvalue weighted by Gasteiger charge is 2.14. The van der Waals surface area contributed by atoms with Gasteiger partial charge in [-0.3, -0.25) is 0 Å². The van der Waals surface area contributed by atoms with Crippen LogP contribution in [0.4, 0.5) is 0 Å². The van der Waals surface area contributed by atoms with Gasteiger partial charge in [-0.05, 0) is 30.7 Å². The lowest BCUT2D eigenvalue weighted by Crippen LogP contribution is -2.02. The topological polar surface area (TPSA) is 76.7 Å². The number of hydrogen-bond acceptors (Lipinski definition) is 4. The fourth-order valence-corrected chi connectivity index (χ4v) is 1.91. The molecule has 0 radical (unpaired) electrons. The smallest absolute Gasteiger partial charge is 0.339 e. The molecular formula is C14H11N3O3. The van der Waals surface area contributed by atoms with E-state index in [1.54, 1.807) is 41.3 Å². The van der Waals surface area contributed by atoms with Crippen LogP contribution in [0.5, 0.6) is 11.6 Å². The Morgan fingerprint density at radius 2 is 2.15 bits per heavy atom. The van der Waals surface area contributed by atoms with Crippen molar-refractivity contribution in [3.63, 3.8) is 0 Å². The standard InChI is InChI=1S/C14H11N3O3/c1-9-2-3-10(14(18)19)12(8-9)20-13-11-4-5-16-17(11)7-6-15-13/h2-8H,1H3,(H,18,19). The molecule has 0 saturated heterocycles. The maximum atomic E-state index is 11.2. The van der Waals surface area contributed by atoms with Crippen molar-refractivity contribution in [2.75, 3.05) is 0 Å². The number of nitrogens with zero attached hydrogens (tertiary/aromatic N) is 3. The third kappa shape index (κ3) is 2.07. The van der Waals surface area contributed by atoms with E-state index in [2.05, 4.69) is 10.1 Å². The number of fused-ring (bicyclic) bond motifs is 1. The molecule has 0 bridgehead atoms. The molecule has 0 saturated carbocycles. The average Bonchev–Trinajstić information content (AvgIpc) is 2.88. The summed E-state index contributed by atoms with van der Waals surface area (Å²) in [7, 11) is 0. The fourth-order valence-electron chi connectivity index (χ4n) is 1.91. The molecule has 0 unspecified atom stereocenters. The highest BCUT2D eigenvalue weighted by molar-refractivity contribution is 5.91. The Morgan fingerprint density at radius 3 is 2.95 bits per heavy atom. The van der Waals surface area contributed by atoms with Gasteiger partial charge in [0.15, 0.2) is 0 Å². The van der Waals surface area contributed by atoms with Crippen LogP contribution in [0.15, 0.2) is 42.9 Å². The van der Waals surface area contributed by atoms with Crippen LogP contribution in [0, 0.1) is 6.92 Å². The van der Waals surface area contributed by atoms with Crippen molar-refractivity contribution in [3.05, 3.63) is 54.0 Å². The number of ether oxygens (including phenoxy) is 1. The summed E-state index contributed by atoms with van der Waals surface area (Å²) < 4.78 is 7.28. The zero-order valence-corrected chi connectivity index (χ0v) is 10.6. The Labute approximate surface area is 114 Å². The predicted molar refractivity (Wildman–Crippen MR) is 71.2 cm³/mol. The van der Waals surface area contributed by atoms with Gasteiger partial charge < -0.3 is 9.84 Å². The Kier molecular flexibility index (Phi) is 2.83. The molecule has 0 atom stereocenters. The molecule has 2 aromatic heterocycles. The van der Waals surface area contributed by atoms with E-state index < -0.39 is 5.97 Å². The minimum Gasteiger partial charge on any atom is -0.478 e. The first-order chi connectivity index (χ1) is 9.65. The summed E-state index contributed by atoms with van der Waals surface area (Å²) in [6.45, 7) is 1.87. The van der Waals surface area contributed by atoms with E-state index in [0.29, 0.717) is 11.4 Å². The number of aromatic nitrogens is 3. The lowest BCUT2D eigenvalue weighted by molar-refractivity contribution is 0.0694. The normalized spacial score (nSPS) is 10.7. The molecule has 0 aliphatic rings. The predicted octanol–water partition coefficient (Wildman–Crippen LogP) is 2.53. The molecule has 20 heavy (non-hydrogen) atoms. The summed E-state index contributed by atoms with van der Waals surface area (Å²) in [4.78, 5) is 15.3. The zero-order chi connectivity index (χ0) is 14.1. The number of aromatic carboxylic acids is 1. The number of carbonyl (C=O) groups is 1. The van der Waals surface area contributed by atoms with Crippen LogP contribution in [-0.2, 0) is 0 Å². The van der Waals surface area contributed by atoms with Gasteiger partial charge in [-0.25, -0.2) is 14.3 Å². The summed E-state index contributed by atoms with van der Waals surface area (Å²) >= 11 is 0. The van der Waals surface area contributed by atoms with Gasteiger partial charge in [-0.1, -0.05) is 6.07 Å². The molecule has 0 amide bonds. The molecule has 1 aromatic carbocycles. The van der Waals surface area contributed by atoms with Crippen LogP contribution in [0.2, 0.25) is 0 Å². The van der Waals surface area contributed by atoms with E-state index in [1.807, 2.05) is 6.92 Å². The van der Waals surface area contributed by atoms with E-state index >= 15 is 0 Å². The van der Waals surface area contributed by atoms with Crippen molar-refractivity contribution in [1.82, 2.24) is 14.6 Å². The van der Waals surface area contributed by atoms with Gasteiger partial charge in [0, 0.05) is 12.4 Å². The minimum absolute atomic E-state index is 0.0962. The SMILES string of the molecule is Cc1ccc(C(=O)O)c(Oc2nccn3nccc23)c1. The fraction of sp³-hybridized carbons (Fsp3) is 0.0714. The molecule has 3 rings (SSSR count). The van der Waals surface area contributed by atoms with E-state index in [1.165, 1.54) is 6.07 Å². The summed E-state index contributed by atoms with van der Waals surface area (Å²) in [6.07, 6.45) is 4.86. The number of carboxylic acids is 1. The largest absolute Gasteiger partial charge is 0.478 e. The summed E-state index contributed by atoms with van der Waals surface area (Å²) in [5.41, 5.74) is 1.68. The highest BCUT2D eigenvalue weighted by Crippen LogP contribution is 2.27. The molecule has 3 aromatic rings. The highest BCUT2D eigenvalue weighted by atomic mass is 16.5. The Hall–Kier alpha value is -2.89. The maximum Gasteiger partial charge on any atom is 0.339 e. The molecule has 100 valence electrons. The van der Waals surface area contributed by atoms with Crippen molar-refractivity contribution in [2.45, 2.75) is 6.92 Å².